The van der Waals surface area contributed by atoms with Crippen molar-refractivity contribution in [3.05, 3.63) is 275 Å². The zero-order valence-corrected chi connectivity index (χ0v) is 36.1. The van der Waals surface area contributed by atoms with Crippen LogP contribution in [-0.2, 0) is 10.8 Å². The van der Waals surface area contributed by atoms with E-state index in [9.17, 15) is 0 Å². The van der Waals surface area contributed by atoms with Crippen LogP contribution in [0.25, 0.3) is 72.5 Å². The van der Waals surface area contributed by atoms with Gasteiger partial charge in [0.05, 0.1) is 10.8 Å². The maximum Gasteiger partial charge on any atom is 0.164 e. The molecule has 0 atom stereocenters. The van der Waals surface area contributed by atoms with Gasteiger partial charge in [0.1, 0.15) is 0 Å². The van der Waals surface area contributed by atoms with Gasteiger partial charge in [0, 0.05) is 16.7 Å². The Bertz CT molecular complexity index is 3630. The van der Waals surface area contributed by atoms with E-state index >= 15 is 0 Å². The Balaban J connectivity index is 1.11. The molecule has 308 valence electrons. The van der Waals surface area contributed by atoms with E-state index in [1.807, 2.05) is 18.2 Å². The summed E-state index contributed by atoms with van der Waals surface area (Å²) in [6, 6.07) is 76.8. The second-order valence-electron chi connectivity index (χ2n) is 18.0. The topological polar surface area (TPSA) is 38.7 Å². The number of hydrogen-bond donors (Lipinski definition) is 0. The zero-order chi connectivity index (χ0) is 43.4. The molecule has 14 rings (SSSR count). The lowest BCUT2D eigenvalue weighted by Gasteiger charge is -2.49. The van der Waals surface area contributed by atoms with E-state index < -0.39 is 10.8 Å². The van der Waals surface area contributed by atoms with Crippen LogP contribution in [-0.4, -0.2) is 15.0 Å². The lowest BCUT2D eigenvalue weighted by Crippen LogP contribution is -2.43. The van der Waals surface area contributed by atoms with Crippen molar-refractivity contribution in [2.45, 2.75) is 23.7 Å². The maximum atomic E-state index is 5.36. The Morgan fingerprint density at radius 2 is 0.758 bits per heavy atom. The molecule has 4 aliphatic carbocycles. The highest BCUT2D eigenvalue weighted by molar-refractivity contribution is 5.98. The van der Waals surface area contributed by atoms with Gasteiger partial charge in [-0.1, -0.05) is 206 Å². The van der Waals surface area contributed by atoms with E-state index in [1.54, 1.807) is 0 Å². The lowest BCUT2D eigenvalue weighted by atomic mass is 9.52. The van der Waals surface area contributed by atoms with Crippen molar-refractivity contribution >= 4 is 16.3 Å². The molecule has 4 aliphatic rings. The molecule has 0 aliphatic heterocycles. The molecule has 66 heavy (non-hydrogen) atoms. The summed E-state index contributed by atoms with van der Waals surface area (Å²) in [6.45, 7) is 0. The number of allylic oxidation sites excluding steroid dienone is 4. The second-order valence-corrected chi connectivity index (χ2v) is 18.0. The Hall–Kier alpha value is -8.27. The van der Waals surface area contributed by atoms with Crippen molar-refractivity contribution in [2.24, 2.45) is 0 Å². The predicted molar refractivity (Wildman–Crippen MR) is 268 cm³/mol. The van der Waals surface area contributed by atoms with E-state index in [0.717, 1.165) is 51.4 Å². The fourth-order valence-corrected chi connectivity index (χ4v) is 12.2. The van der Waals surface area contributed by atoms with Crippen molar-refractivity contribution < 1.29 is 0 Å². The number of nitrogens with zero attached hydrogens (tertiary/aromatic N) is 3. The van der Waals surface area contributed by atoms with Gasteiger partial charge in [0.15, 0.2) is 17.5 Å². The summed E-state index contributed by atoms with van der Waals surface area (Å²) in [4.78, 5) is 15.8. The second kappa shape index (κ2) is 14.1. The van der Waals surface area contributed by atoms with Crippen LogP contribution in [0.5, 0.6) is 0 Å². The maximum absolute atomic E-state index is 5.36. The first-order valence-corrected chi connectivity index (χ1v) is 23.1. The summed E-state index contributed by atoms with van der Waals surface area (Å²) in [6.07, 6.45) is 8.60. The van der Waals surface area contributed by atoms with Gasteiger partial charge in [-0.15, -0.1) is 0 Å². The van der Waals surface area contributed by atoms with E-state index in [1.165, 1.54) is 66.8 Å². The average Bonchev–Trinajstić information content (AvgIpc) is 3.86. The Labute approximate surface area is 384 Å². The van der Waals surface area contributed by atoms with Gasteiger partial charge in [0.2, 0.25) is 0 Å². The number of hydrogen-bond acceptors (Lipinski definition) is 3. The van der Waals surface area contributed by atoms with Crippen LogP contribution in [0, 0.1) is 0 Å². The first-order valence-electron chi connectivity index (χ1n) is 23.1. The Kier molecular flexibility index (Phi) is 7.94. The molecular weight excluding hydrogens is 799 g/mol. The van der Waals surface area contributed by atoms with Gasteiger partial charge in [-0.25, -0.2) is 15.0 Å². The van der Waals surface area contributed by atoms with Crippen molar-refractivity contribution in [3.8, 4) is 56.2 Å². The van der Waals surface area contributed by atoms with Gasteiger partial charge in [-0.3, -0.25) is 0 Å². The summed E-state index contributed by atoms with van der Waals surface area (Å²) in [7, 11) is 0. The first-order chi connectivity index (χ1) is 32.7. The van der Waals surface area contributed by atoms with Gasteiger partial charge >= 0.3 is 0 Å². The van der Waals surface area contributed by atoms with Gasteiger partial charge in [0.25, 0.3) is 0 Å². The molecule has 1 aromatic heterocycles. The minimum atomic E-state index is -0.607. The molecule has 1 heterocycles. The van der Waals surface area contributed by atoms with Gasteiger partial charge < -0.3 is 0 Å². The highest BCUT2D eigenvalue weighted by Gasteiger charge is 2.59. The molecule has 0 saturated heterocycles. The summed E-state index contributed by atoms with van der Waals surface area (Å²) < 4.78 is 0. The molecule has 0 radical (unpaired) electrons. The van der Waals surface area contributed by atoms with Crippen molar-refractivity contribution in [3.63, 3.8) is 0 Å². The molecular formula is C63H41N3. The number of rotatable bonds is 4. The molecule has 9 aromatic carbocycles. The first kappa shape index (κ1) is 37.1. The Morgan fingerprint density at radius 3 is 1.32 bits per heavy atom. The molecule has 0 bridgehead atoms. The summed E-state index contributed by atoms with van der Waals surface area (Å²) in [5.74, 6) is 2.01. The van der Waals surface area contributed by atoms with E-state index in [2.05, 4.69) is 206 Å². The highest BCUT2D eigenvalue weighted by atomic mass is 15.0. The minimum Gasteiger partial charge on any atom is -0.208 e. The van der Waals surface area contributed by atoms with Crippen LogP contribution in [0.2, 0.25) is 0 Å². The van der Waals surface area contributed by atoms with Gasteiger partial charge in [-0.05, 0) is 120 Å². The van der Waals surface area contributed by atoms with Crippen LogP contribution in [0.15, 0.2) is 224 Å². The van der Waals surface area contributed by atoms with E-state index in [0.29, 0.717) is 17.5 Å². The molecule has 3 heteroatoms. The predicted octanol–water partition coefficient (Wildman–Crippen LogP) is 14.8. The molecule has 0 saturated carbocycles. The van der Waals surface area contributed by atoms with Crippen molar-refractivity contribution in [1.82, 2.24) is 15.0 Å². The van der Waals surface area contributed by atoms with Crippen LogP contribution < -0.4 is 0 Å². The number of benzene rings is 9. The zero-order valence-electron chi connectivity index (χ0n) is 36.1. The number of fused-ring (bicyclic) bond motifs is 17. The van der Waals surface area contributed by atoms with Crippen LogP contribution in [0.3, 0.4) is 0 Å². The highest BCUT2D eigenvalue weighted by Crippen LogP contribution is 2.67. The standard InChI is InChI=1S/C63H41N3/c1-3-19-40(20-4-1)59-64-60(41-21-5-2-6-22-41)66-61(65-59)50-38-43-24-8-7-23-42(43)37-49(50)44-35-36-57-58(39-44)63(53-31-15-11-27-47(53)48-28-12-16-32-54(48)63)56-34-18-17-33-55(56)62(57)51-29-13-9-25-45(51)46-26-10-14-30-52(46)62/h1,3-5,7-39H,2,6H2. The molecule has 0 fully saturated rings. The van der Waals surface area contributed by atoms with E-state index in [4.69, 9.17) is 15.0 Å². The summed E-state index contributed by atoms with van der Waals surface area (Å²) >= 11 is 0. The molecule has 0 unspecified atom stereocenters. The number of aromatic nitrogens is 3. The normalized spacial score (nSPS) is 15.1. The molecule has 2 spiro atoms. The lowest BCUT2D eigenvalue weighted by molar-refractivity contribution is 0.633. The fourth-order valence-electron chi connectivity index (χ4n) is 12.2. The smallest absolute Gasteiger partial charge is 0.164 e. The third kappa shape index (κ3) is 5.00. The average molecular weight is 840 g/mol. The largest absolute Gasteiger partial charge is 0.208 e. The minimum absolute atomic E-state index is 0.559. The van der Waals surface area contributed by atoms with Crippen LogP contribution >= 0.6 is 0 Å². The monoisotopic (exact) mass is 839 g/mol. The van der Waals surface area contributed by atoms with Gasteiger partial charge in [-0.2, -0.15) is 0 Å². The fraction of sp³-hybridized carbons (Fsp3) is 0.0635. The van der Waals surface area contributed by atoms with E-state index in [-0.39, 0.29) is 0 Å². The van der Waals surface area contributed by atoms with Crippen molar-refractivity contribution in [2.75, 3.05) is 0 Å². The summed E-state index contributed by atoms with van der Waals surface area (Å²) in [5, 5.41) is 2.30. The summed E-state index contributed by atoms with van der Waals surface area (Å²) in [5.41, 5.74) is 19.7. The van der Waals surface area contributed by atoms with Crippen molar-refractivity contribution in [1.29, 1.82) is 0 Å². The van der Waals surface area contributed by atoms with Crippen LogP contribution in [0.4, 0.5) is 0 Å². The third-order valence-electron chi connectivity index (χ3n) is 14.8. The molecule has 0 amide bonds. The molecule has 0 N–H and O–H groups in total. The SMILES string of the molecule is C1=CC(c2nc(-c3ccccc3)nc(-c3cc4ccccc4cc3-c3ccc4c(c3)C3(c5ccccc5-c5ccccc53)c3ccccc3C43c4ccccc4-c4ccccc43)n2)=CCC1. The quantitative estimate of drug-likeness (QED) is 0.177. The third-order valence-corrected chi connectivity index (χ3v) is 14.8. The van der Waals surface area contributed by atoms with Crippen LogP contribution in [0.1, 0.15) is 63.2 Å². The molecule has 10 aromatic rings. The molecule has 3 nitrogen and oxygen atoms in total. The Morgan fingerprint density at radius 1 is 0.303 bits per heavy atom.